The molecule has 1 amide bonds. The lowest BCUT2D eigenvalue weighted by Crippen LogP contribution is -2.64. The first-order valence-electron chi connectivity index (χ1n) is 13.5. The molecule has 3 aromatic rings. The van der Waals surface area contributed by atoms with Gasteiger partial charge in [0.05, 0.1) is 29.9 Å². The third kappa shape index (κ3) is 8.67. The number of pyridine rings is 1. The third-order valence-electron chi connectivity index (χ3n) is 7.01. The third-order valence-corrected chi connectivity index (χ3v) is 8.80. The Kier molecular flexibility index (Phi) is 12.8. The van der Waals surface area contributed by atoms with Gasteiger partial charge in [0.15, 0.2) is 11.7 Å². The van der Waals surface area contributed by atoms with E-state index in [1.165, 1.54) is 63.8 Å². The topological polar surface area (TPSA) is 132 Å². The van der Waals surface area contributed by atoms with Gasteiger partial charge in [0.2, 0.25) is 10.0 Å². The molecule has 2 aromatic carbocycles. The minimum atomic E-state index is -4.03. The lowest BCUT2D eigenvalue weighted by Gasteiger charge is -2.48. The summed E-state index contributed by atoms with van der Waals surface area (Å²) in [6.45, 7) is 3.22. The molecule has 246 valence electrons. The fourth-order valence-electron chi connectivity index (χ4n) is 4.60. The molecular weight excluding hydrogens is 653 g/mol. The molecule has 15 heteroatoms. The standard InChI is InChI=1S/C30H34F2N4O6S.2ClH/c1-19(2)27(28(37)35(3)4)41-29(38)25(33)15-20-6-5-7-24(14-20)43(39,40)36-17-30(18-36,26-13-10-22(32)16-34-26)42-23-11-8-21(31)9-12-23;;/h5-14,16,19,25,27H,15,17-18,33H2,1-4H3;2*1H/t25-,27?;;/m0../s1. The van der Waals surface area contributed by atoms with E-state index in [0.29, 0.717) is 17.0 Å². The second kappa shape index (κ2) is 15.3. The van der Waals surface area contributed by atoms with E-state index in [4.69, 9.17) is 15.2 Å². The predicted octanol–water partition coefficient (Wildman–Crippen LogP) is 3.71. The Hall–Kier alpha value is -3.36. The number of likely N-dealkylation sites (N-methyl/N-ethyl adjacent to an activating group) is 1. The van der Waals surface area contributed by atoms with Crippen LogP contribution >= 0.6 is 24.8 Å². The van der Waals surface area contributed by atoms with E-state index in [1.807, 2.05) is 0 Å². The number of sulfonamides is 1. The fraction of sp³-hybridized carbons (Fsp3) is 0.367. The highest BCUT2D eigenvalue weighted by Crippen LogP contribution is 2.39. The summed E-state index contributed by atoms with van der Waals surface area (Å²) in [5, 5.41) is 0. The molecule has 0 saturated carbocycles. The second-order valence-corrected chi connectivity index (χ2v) is 12.9. The number of carbonyl (C=O) groups excluding carboxylic acids is 2. The average Bonchev–Trinajstić information content (AvgIpc) is 2.94. The number of hydrogen-bond donors (Lipinski definition) is 1. The molecule has 2 N–H and O–H groups in total. The van der Waals surface area contributed by atoms with Crippen LogP contribution in [0.25, 0.3) is 0 Å². The Morgan fingerprint density at radius 3 is 2.20 bits per heavy atom. The van der Waals surface area contributed by atoms with Gasteiger partial charge in [-0.25, -0.2) is 17.2 Å². The second-order valence-electron chi connectivity index (χ2n) is 11.0. The number of amides is 1. The molecule has 45 heavy (non-hydrogen) atoms. The SMILES string of the molecule is CC(C)C(OC(=O)[C@@H](N)Cc1cccc(S(=O)(=O)N2CC(Oc3ccc(F)cc3)(c3ccc(F)cn3)C2)c1)C(=O)N(C)C.Cl.Cl. The summed E-state index contributed by atoms with van der Waals surface area (Å²) in [6, 6.07) is 12.7. The number of nitrogens with two attached hydrogens (primary N) is 1. The van der Waals surface area contributed by atoms with Gasteiger partial charge in [0.1, 0.15) is 23.4 Å². The minimum Gasteiger partial charge on any atom is -0.478 e. The molecule has 1 aliphatic heterocycles. The maximum atomic E-state index is 13.6. The summed E-state index contributed by atoms with van der Waals surface area (Å²) < 4.78 is 66.9. The summed E-state index contributed by atoms with van der Waals surface area (Å²) in [6.07, 6.45) is -0.0141. The highest BCUT2D eigenvalue weighted by atomic mass is 35.5. The Bertz CT molecular complexity index is 1570. The zero-order valence-electron chi connectivity index (χ0n) is 25.1. The van der Waals surface area contributed by atoms with Crippen molar-refractivity contribution in [2.24, 2.45) is 11.7 Å². The molecule has 2 atom stereocenters. The molecular formula is C30H36Cl2F2N4O6S. The lowest BCUT2D eigenvalue weighted by molar-refractivity contribution is -0.163. The Morgan fingerprint density at radius 2 is 1.64 bits per heavy atom. The van der Waals surface area contributed by atoms with Crippen LogP contribution in [0, 0.1) is 17.6 Å². The molecule has 0 aliphatic carbocycles. The van der Waals surface area contributed by atoms with Gasteiger partial charge in [0, 0.05) is 14.1 Å². The number of hydrogen-bond acceptors (Lipinski definition) is 8. The van der Waals surface area contributed by atoms with Gasteiger partial charge in [-0.15, -0.1) is 24.8 Å². The van der Waals surface area contributed by atoms with Gasteiger partial charge >= 0.3 is 5.97 Å². The lowest BCUT2D eigenvalue weighted by atomic mass is 9.91. The molecule has 1 aromatic heterocycles. The number of carbonyl (C=O) groups is 2. The van der Waals surface area contributed by atoms with E-state index >= 15 is 0 Å². The number of rotatable bonds is 11. The average molecular weight is 690 g/mol. The van der Waals surface area contributed by atoms with Gasteiger partial charge in [-0.3, -0.25) is 14.6 Å². The number of ether oxygens (including phenoxy) is 2. The van der Waals surface area contributed by atoms with Crippen LogP contribution in [-0.4, -0.2) is 73.8 Å². The van der Waals surface area contributed by atoms with Crippen molar-refractivity contribution in [2.45, 2.75) is 42.9 Å². The van der Waals surface area contributed by atoms with E-state index in [1.54, 1.807) is 34.0 Å². The highest BCUT2D eigenvalue weighted by molar-refractivity contribution is 7.89. The minimum absolute atomic E-state index is 0. The zero-order valence-corrected chi connectivity index (χ0v) is 27.5. The van der Waals surface area contributed by atoms with Gasteiger partial charge in [-0.1, -0.05) is 26.0 Å². The van der Waals surface area contributed by atoms with Crippen LogP contribution < -0.4 is 10.5 Å². The van der Waals surface area contributed by atoms with Crippen molar-refractivity contribution < 1.29 is 36.3 Å². The Labute approximate surface area is 273 Å². The molecule has 1 fully saturated rings. The van der Waals surface area contributed by atoms with Gasteiger partial charge in [-0.2, -0.15) is 4.31 Å². The van der Waals surface area contributed by atoms with Gasteiger partial charge < -0.3 is 20.1 Å². The Morgan fingerprint density at radius 1 is 1.02 bits per heavy atom. The van der Waals surface area contributed by atoms with Crippen LogP contribution in [0.15, 0.2) is 71.8 Å². The number of nitrogens with zero attached hydrogens (tertiary/aromatic N) is 3. The van der Waals surface area contributed by atoms with E-state index < -0.39 is 45.4 Å². The molecule has 10 nitrogen and oxygen atoms in total. The Balaban J connectivity index is 0.00000353. The van der Waals surface area contributed by atoms with Crippen LogP contribution in [-0.2, 0) is 36.4 Å². The van der Waals surface area contributed by atoms with Crippen LogP contribution in [0.4, 0.5) is 8.78 Å². The first-order chi connectivity index (χ1) is 20.2. The maximum Gasteiger partial charge on any atom is 0.324 e. The normalized spacial score (nSPS) is 15.5. The van der Waals surface area contributed by atoms with Crippen molar-refractivity contribution in [3.8, 4) is 5.75 Å². The monoisotopic (exact) mass is 688 g/mol. The zero-order chi connectivity index (χ0) is 31.5. The first kappa shape index (κ1) is 37.8. The van der Waals surface area contributed by atoms with E-state index in [-0.39, 0.29) is 61.0 Å². The number of benzene rings is 2. The summed E-state index contributed by atoms with van der Waals surface area (Å²) in [7, 11) is -0.913. The van der Waals surface area contributed by atoms with E-state index in [0.717, 1.165) is 6.20 Å². The maximum absolute atomic E-state index is 13.6. The van der Waals surface area contributed by atoms with Gasteiger partial charge in [-0.05, 0) is 66.4 Å². The van der Waals surface area contributed by atoms with Crippen molar-refractivity contribution in [2.75, 3.05) is 27.2 Å². The van der Waals surface area contributed by atoms with Crippen molar-refractivity contribution in [1.82, 2.24) is 14.2 Å². The summed E-state index contributed by atoms with van der Waals surface area (Å²) in [4.78, 5) is 30.5. The summed E-state index contributed by atoms with van der Waals surface area (Å²) in [5.74, 6) is -2.16. The molecule has 0 radical (unpaired) electrons. The molecule has 1 aliphatic rings. The number of aromatic nitrogens is 1. The molecule has 0 bridgehead atoms. The van der Waals surface area contributed by atoms with Gasteiger partial charge in [0.25, 0.3) is 5.91 Å². The van der Waals surface area contributed by atoms with E-state index in [9.17, 15) is 26.8 Å². The van der Waals surface area contributed by atoms with Crippen LogP contribution in [0.3, 0.4) is 0 Å². The smallest absolute Gasteiger partial charge is 0.324 e. The summed E-state index contributed by atoms with van der Waals surface area (Å²) >= 11 is 0. The molecule has 0 spiro atoms. The largest absolute Gasteiger partial charge is 0.478 e. The molecule has 1 unspecified atom stereocenters. The van der Waals surface area contributed by atoms with Crippen molar-refractivity contribution in [3.05, 3.63) is 89.8 Å². The molecule has 1 saturated heterocycles. The van der Waals surface area contributed by atoms with Crippen LogP contribution in [0.5, 0.6) is 5.75 Å². The molecule has 4 rings (SSSR count). The highest BCUT2D eigenvalue weighted by Gasteiger charge is 2.53. The fourth-order valence-corrected chi connectivity index (χ4v) is 6.21. The number of esters is 1. The van der Waals surface area contributed by atoms with Crippen molar-refractivity contribution in [3.63, 3.8) is 0 Å². The van der Waals surface area contributed by atoms with Crippen molar-refractivity contribution in [1.29, 1.82) is 0 Å². The number of halogens is 4. The predicted molar refractivity (Wildman–Crippen MR) is 168 cm³/mol. The van der Waals surface area contributed by atoms with Crippen molar-refractivity contribution >= 4 is 46.7 Å². The van der Waals surface area contributed by atoms with Crippen LogP contribution in [0.1, 0.15) is 25.1 Å². The van der Waals surface area contributed by atoms with E-state index in [2.05, 4.69) is 4.98 Å². The summed E-state index contributed by atoms with van der Waals surface area (Å²) in [5.41, 5.74) is 5.64. The molecule has 2 heterocycles. The first-order valence-corrected chi connectivity index (χ1v) is 15.0. The van der Waals surface area contributed by atoms with Crippen LogP contribution in [0.2, 0.25) is 0 Å². The quantitative estimate of drug-likeness (QED) is 0.302.